The highest BCUT2D eigenvalue weighted by Crippen LogP contribution is 2.26. The molecule has 2 unspecified atom stereocenters. The summed E-state index contributed by atoms with van der Waals surface area (Å²) < 4.78 is 0. The van der Waals surface area contributed by atoms with Gasteiger partial charge in [-0.3, -0.25) is 0 Å². The Bertz CT molecular complexity index is 427. The molecule has 1 aromatic rings. The number of likely N-dealkylation sites (N-methyl/N-ethyl adjacent to an activating group) is 1. The van der Waals surface area contributed by atoms with E-state index in [-0.39, 0.29) is 12.1 Å². The number of aromatic nitrogens is 2. The third-order valence-corrected chi connectivity index (χ3v) is 3.95. The summed E-state index contributed by atoms with van der Waals surface area (Å²) in [6.07, 6.45) is 5.69. The SMILES string of the molecule is CCCc1nc(Cl)cc(N(C)C2CCCCC2O)n1. The second kappa shape index (κ2) is 6.53. The number of nitrogens with zero attached hydrogens (tertiary/aromatic N) is 3. The summed E-state index contributed by atoms with van der Waals surface area (Å²) >= 11 is 6.06. The molecule has 0 spiro atoms. The molecule has 0 aliphatic heterocycles. The van der Waals surface area contributed by atoms with Crippen LogP contribution in [0.3, 0.4) is 0 Å². The molecule has 1 aliphatic carbocycles. The van der Waals surface area contributed by atoms with E-state index >= 15 is 0 Å². The number of aliphatic hydroxyl groups excluding tert-OH is 1. The van der Waals surface area contributed by atoms with Crippen LogP contribution in [0, 0.1) is 0 Å². The van der Waals surface area contributed by atoms with E-state index in [0.717, 1.165) is 50.2 Å². The van der Waals surface area contributed by atoms with Gasteiger partial charge in [0.25, 0.3) is 0 Å². The first-order valence-electron chi connectivity index (χ1n) is 7.06. The van der Waals surface area contributed by atoms with Gasteiger partial charge in [0, 0.05) is 19.5 Å². The molecule has 5 heteroatoms. The van der Waals surface area contributed by atoms with Crippen molar-refractivity contribution in [2.45, 2.75) is 57.6 Å². The van der Waals surface area contributed by atoms with E-state index in [1.807, 2.05) is 7.05 Å². The first-order chi connectivity index (χ1) is 9.11. The maximum Gasteiger partial charge on any atom is 0.134 e. The van der Waals surface area contributed by atoms with Crippen molar-refractivity contribution in [2.75, 3.05) is 11.9 Å². The number of anilines is 1. The zero-order valence-corrected chi connectivity index (χ0v) is 12.4. The van der Waals surface area contributed by atoms with Gasteiger partial charge in [-0.15, -0.1) is 0 Å². The van der Waals surface area contributed by atoms with Crippen molar-refractivity contribution in [2.24, 2.45) is 0 Å². The molecule has 19 heavy (non-hydrogen) atoms. The summed E-state index contributed by atoms with van der Waals surface area (Å²) in [6, 6.07) is 1.91. The van der Waals surface area contributed by atoms with Gasteiger partial charge < -0.3 is 10.0 Å². The van der Waals surface area contributed by atoms with Crippen molar-refractivity contribution < 1.29 is 5.11 Å². The highest BCUT2D eigenvalue weighted by molar-refractivity contribution is 6.29. The Hall–Kier alpha value is -0.870. The monoisotopic (exact) mass is 283 g/mol. The summed E-state index contributed by atoms with van der Waals surface area (Å²) in [4.78, 5) is 10.8. The van der Waals surface area contributed by atoms with Gasteiger partial charge in [-0.25, -0.2) is 9.97 Å². The van der Waals surface area contributed by atoms with E-state index in [9.17, 15) is 5.11 Å². The van der Waals surface area contributed by atoms with Crippen molar-refractivity contribution in [3.8, 4) is 0 Å². The summed E-state index contributed by atoms with van der Waals surface area (Å²) in [5.74, 6) is 1.59. The molecule has 1 aliphatic rings. The second-order valence-corrected chi connectivity index (χ2v) is 5.63. The van der Waals surface area contributed by atoms with Crippen LogP contribution in [0.25, 0.3) is 0 Å². The maximum absolute atomic E-state index is 10.1. The van der Waals surface area contributed by atoms with Crippen LogP contribution in [0.15, 0.2) is 6.07 Å². The van der Waals surface area contributed by atoms with Crippen molar-refractivity contribution >= 4 is 17.4 Å². The summed E-state index contributed by atoms with van der Waals surface area (Å²) in [5, 5.41) is 10.6. The van der Waals surface area contributed by atoms with Crippen LogP contribution in [0.4, 0.5) is 5.82 Å². The molecule has 4 nitrogen and oxygen atoms in total. The highest BCUT2D eigenvalue weighted by Gasteiger charge is 2.27. The number of rotatable bonds is 4. The standard InChI is InChI=1S/C14H22ClN3O/c1-3-6-13-16-12(15)9-14(17-13)18(2)10-7-4-5-8-11(10)19/h9-11,19H,3-8H2,1-2H3. The molecule has 1 aromatic heterocycles. The van der Waals surface area contributed by atoms with Crippen LogP contribution < -0.4 is 4.90 Å². The van der Waals surface area contributed by atoms with Crippen LogP contribution in [-0.4, -0.2) is 34.3 Å². The van der Waals surface area contributed by atoms with Crippen molar-refractivity contribution in [1.82, 2.24) is 9.97 Å². The Morgan fingerprint density at radius 3 is 2.79 bits per heavy atom. The Morgan fingerprint density at radius 2 is 2.11 bits per heavy atom. The lowest BCUT2D eigenvalue weighted by Gasteiger charge is -2.36. The molecule has 0 radical (unpaired) electrons. The maximum atomic E-state index is 10.1. The number of aliphatic hydroxyl groups is 1. The number of halogens is 1. The third-order valence-electron chi connectivity index (χ3n) is 3.75. The van der Waals surface area contributed by atoms with Gasteiger partial charge >= 0.3 is 0 Å². The fourth-order valence-corrected chi connectivity index (χ4v) is 2.88. The number of aryl methyl sites for hydroxylation is 1. The zero-order valence-electron chi connectivity index (χ0n) is 11.6. The van der Waals surface area contributed by atoms with E-state index in [0.29, 0.717) is 5.15 Å². The molecule has 0 bridgehead atoms. The lowest BCUT2D eigenvalue weighted by atomic mass is 9.91. The molecular formula is C14H22ClN3O. The Morgan fingerprint density at radius 1 is 1.37 bits per heavy atom. The third kappa shape index (κ3) is 3.57. The molecule has 2 atom stereocenters. The summed E-state index contributed by atoms with van der Waals surface area (Å²) in [7, 11) is 1.98. The predicted octanol–water partition coefficient (Wildman–Crippen LogP) is 2.82. The van der Waals surface area contributed by atoms with E-state index < -0.39 is 0 Å². The molecule has 0 amide bonds. The summed E-state index contributed by atoms with van der Waals surface area (Å²) in [5.41, 5.74) is 0. The lowest BCUT2D eigenvalue weighted by molar-refractivity contribution is 0.106. The van der Waals surface area contributed by atoms with Crippen molar-refractivity contribution in [3.05, 3.63) is 17.0 Å². The minimum atomic E-state index is -0.276. The van der Waals surface area contributed by atoms with Gasteiger partial charge in [0.1, 0.15) is 16.8 Å². The second-order valence-electron chi connectivity index (χ2n) is 5.25. The fraction of sp³-hybridized carbons (Fsp3) is 0.714. The first-order valence-corrected chi connectivity index (χ1v) is 7.44. The topological polar surface area (TPSA) is 49.2 Å². The predicted molar refractivity (Wildman–Crippen MR) is 77.7 cm³/mol. The molecule has 2 rings (SSSR count). The molecule has 106 valence electrons. The van der Waals surface area contributed by atoms with Crippen LogP contribution >= 0.6 is 11.6 Å². The normalized spacial score (nSPS) is 23.4. The van der Waals surface area contributed by atoms with E-state index in [1.54, 1.807) is 6.07 Å². The van der Waals surface area contributed by atoms with Gasteiger partial charge in [-0.1, -0.05) is 31.4 Å². The van der Waals surface area contributed by atoms with E-state index in [2.05, 4.69) is 21.8 Å². The van der Waals surface area contributed by atoms with E-state index in [4.69, 9.17) is 11.6 Å². The molecule has 0 aromatic carbocycles. The zero-order chi connectivity index (χ0) is 13.8. The molecule has 0 saturated heterocycles. The fourth-order valence-electron chi connectivity index (χ4n) is 2.68. The first kappa shape index (κ1) is 14.5. The Balaban J connectivity index is 2.19. The minimum Gasteiger partial charge on any atom is -0.391 e. The van der Waals surface area contributed by atoms with E-state index in [1.165, 1.54) is 0 Å². The Kier molecular flexibility index (Phi) is 4.99. The smallest absolute Gasteiger partial charge is 0.134 e. The highest BCUT2D eigenvalue weighted by atomic mass is 35.5. The number of hydrogen-bond acceptors (Lipinski definition) is 4. The van der Waals surface area contributed by atoms with Gasteiger partial charge in [0.2, 0.25) is 0 Å². The van der Waals surface area contributed by atoms with Crippen LogP contribution in [0.2, 0.25) is 5.15 Å². The summed E-state index contributed by atoms with van der Waals surface area (Å²) in [6.45, 7) is 2.10. The molecule has 1 fully saturated rings. The quantitative estimate of drug-likeness (QED) is 0.863. The average Bonchev–Trinajstić information content (AvgIpc) is 2.38. The van der Waals surface area contributed by atoms with Gasteiger partial charge in [0.05, 0.1) is 12.1 Å². The van der Waals surface area contributed by atoms with Crippen LogP contribution in [0.5, 0.6) is 0 Å². The van der Waals surface area contributed by atoms with Crippen LogP contribution in [-0.2, 0) is 6.42 Å². The largest absolute Gasteiger partial charge is 0.391 e. The van der Waals surface area contributed by atoms with Crippen LogP contribution in [0.1, 0.15) is 44.9 Å². The minimum absolute atomic E-state index is 0.134. The van der Waals surface area contributed by atoms with Gasteiger partial charge in [-0.05, 0) is 19.3 Å². The molecule has 1 heterocycles. The molecular weight excluding hydrogens is 262 g/mol. The van der Waals surface area contributed by atoms with Gasteiger partial charge in [0.15, 0.2) is 0 Å². The lowest BCUT2D eigenvalue weighted by Crippen LogP contribution is -2.43. The van der Waals surface area contributed by atoms with Crippen molar-refractivity contribution in [3.63, 3.8) is 0 Å². The average molecular weight is 284 g/mol. The molecule has 1 N–H and O–H groups in total. The molecule has 1 saturated carbocycles. The Labute approximate surface area is 119 Å². The number of hydrogen-bond donors (Lipinski definition) is 1. The van der Waals surface area contributed by atoms with Gasteiger partial charge in [-0.2, -0.15) is 0 Å². The van der Waals surface area contributed by atoms with Crippen molar-refractivity contribution in [1.29, 1.82) is 0 Å².